The van der Waals surface area contributed by atoms with E-state index in [2.05, 4.69) is 20.1 Å². The molecule has 2 aliphatic rings. The maximum atomic E-state index is 14.4. The molecule has 0 amide bonds. The Morgan fingerprint density at radius 3 is 2.77 bits per heavy atom. The van der Waals surface area contributed by atoms with Gasteiger partial charge >= 0.3 is 6.18 Å². The van der Waals surface area contributed by atoms with Gasteiger partial charge in [0.25, 0.3) is 0 Å². The normalized spacial score (nSPS) is 22.3. The Labute approximate surface area is 203 Å². The topological polar surface area (TPSA) is 66.8 Å². The molecule has 3 heterocycles. The number of benzene rings is 1. The van der Waals surface area contributed by atoms with E-state index in [-0.39, 0.29) is 16.9 Å². The van der Waals surface area contributed by atoms with E-state index in [0.717, 1.165) is 61.4 Å². The van der Waals surface area contributed by atoms with E-state index < -0.39 is 17.6 Å². The molecule has 0 bridgehead atoms. The third-order valence-corrected chi connectivity index (χ3v) is 8.19. The zero-order valence-corrected chi connectivity index (χ0v) is 19.9. The summed E-state index contributed by atoms with van der Waals surface area (Å²) in [5.41, 5.74) is 0.0836. The average molecular weight is 508 g/mol. The number of alkyl halides is 3. The number of halogens is 4. The van der Waals surface area contributed by atoms with Crippen LogP contribution in [0.4, 0.5) is 17.6 Å². The van der Waals surface area contributed by atoms with Crippen LogP contribution >= 0.6 is 11.8 Å². The van der Waals surface area contributed by atoms with E-state index in [0.29, 0.717) is 17.5 Å². The highest BCUT2D eigenvalue weighted by Gasteiger charge is 2.58. The summed E-state index contributed by atoms with van der Waals surface area (Å²) in [7, 11) is 1.89. The molecule has 1 spiro atoms. The van der Waals surface area contributed by atoms with Gasteiger partial charge in [-0.25, -0.2) is 4.39 Å². The van der Waals surface area contributed by atoms with Crippen LogP contribution in [0.3, 0.4) is 0 Å². The SMILES string of the molecule is Cn1c(SCCCN2CCC3(CC3c3ccc(C(F)(F)F)cc3F)C2)nnc1-c1ccc(=O)[nH]c1. The maximum absolute atomic E-state index is 14.4. The first-order valence-corrected chi connectivity index (χ1v) is 12.5. The van der Waals surface area contributed by atoms with E-state index in [9.17, 15) is 22.4 Å². The Bertz CT molecular complexity index is 1270. The molecule has 2 unspecified atom stereocenters. The van der Waals surface area contributed by atoms with Gasteiger partial charge in [0.2, 0.25) is 5.56 Å². The molecule has 1 aromatic carbocycles. The van der Waals surface area contributed by atoms with Gasteiger partial charge in [-0.2, -0.15) is 13.2 Å². The van der Waals surface area contributed by atoms with Crippen LogP contribution in [-0.2, 0) is 13.2 Å². The summed E-state index contributed by atoms with van der Waals surface area (Å²) in [5, 5.41) is 9.28. The highest BCUT2D eigenvalue weighted by Crippen LogP contribution is 2.64. The summed E-state index contributed by atoms with van der Waals surface area (Å²) < 4.78 is 54.8. The summed E-state index contributed by atoms with van der Waals surface area (Å²) >= 11 is 1.62. The van der Waals surface area contributed by atoms with Crippen molar-refractivity contribution in [2.75, 3.05) is 25.4 Å². The molecule has 2 fully saturated rings. The zero-order valence-electron chi connectivity index (χ0n) is 19.1. The second kappa shape index (κ2) is 9.09. The predicted molar refractivity (Wildman–Crippen MR) is 125 cm³/mol. The molecule has 1 N–H and O–H groups in total. The first-order valence-electron chi connectivity index (χ1n) is 11.5. The predicted octanol–water partition coefficient (Wildman–Crippen LogP) is 4.69. The number of nitrogens with one attached hydrogen (secondary N) is 1. The Kier molecular flexibility index (Phi) is 6.25. The fraction of sp³-hybridized carbons (Fsp3) is 0.458. The van der Waals surface area contributed by atoms with Crippen molar-refractivity contribution in [3.63, 3.8) is 0 Å². The first kappa shape index (κ1) is 24.1. The molecule has 1 saturated carbocycles. The number of likely N-dealkylation sites (tertiary alicyclic amines) is 1. The minimum Gasteiger partial charge on any atom is -0.328 e. The molecule has 6 nitrogen and oxygen atoms in total. The molecule has 11 heteroatoms. The molecule has 3 aromatic rings. The number of aromatic amines is 1. The van der Waals surface area contributed by atoms with Crippen molar-refractivity contribution in [2.45, 2.75) is 36.5 Å². The lowest BCUT2D eigenvalue weighted by molar-refractivity contribution is -0.137. The van der Waals surface area contributed by atoms with E-state index in [1.54, 1.807) is 24.0 Å². The van der Waals surface area contributed by atoms with E-state index >= 15 is 0 Å². The number of hydrogen-bond acceptors (Lipinski definition) is 5. The Morgan fingerprint density at radius 2 is 2.06 bits per heavy atom. The highest BCUT2D eigenvalue weighted by atomic mass is 32.2. The standard InChI is InChI=1S/C24H25F4N5OS/c1-32-21(15-3-6-20(34)29-13-15)30-31-22(32)35-10-2-8-33-9-7-23(14-33)12-18(23)17-5-4-16(11-19(17)25)24(26,27)28/h3-6,11,13,18H,2,7-10,12,14H2,1H3,(H,29,34). The van der Waals surface area contributed by atoms with Gasteiger partial charge in [-0.15, -0.1) is 10.2 Å². The van der Waals surface area contributed by atoms with Crippen molar-refractivity contribution in [3.8, 4) is 11.4 Å². The van der Waals surface area contributed by atoms with E-state index in [1.165, 1.54) is 12.1 Å². The lowest BCUT2D eigenvalue weighted by Gasteiger charge is -2.16. The highest BCUT2D eigenvalue weighted by molar-refractivity contribution is 7.99. The lowest BCUT2D eigenvalue weighted by Crippen LogP contribution is -2.23. The largest absolute Gasteiger partial charge is 0.416 e. The molecular weight excluding hydrogens is 482 g/mol. The van der Waals surface area contributed by atoms with E-state index in [4.69, 9.17) is 0 Å². The van der Waals surface area contributed by atoms with Crippen LogP contribution in [0, 0.1) is 11.2 Å². The second-order valence-corrected chi connectivity index (χ2v) is 10.5. The van der Waals surface area contributed by atoms with Crippen molar-refractivity contribution in [1.82, 2.24) is 24.6 Å². The van der Waals surface area contributed by atoms with Gasteiger partial charge in [0, 0.05) is 37.2 Å². The number of hydrogen-bond donors (Lipinski definition) is 1. The monoisotopic (exact) mass is 507 g/mol. The number of pyridine rings is 1. The maximum Gasteiger partial charge on any atom is 0.416 e. The zero-order chi connectivity index (χ0) is 24.8. The molecule has 5 rings (SSSR count). The fourth-order valence-electron chi connectivity index (χ4n) is 5.09. The molecule has 1 aliphatic carbocycles. The molecular formula is C24H25F4N5OS. The van der Waals surface area contributed by atoms with E-state index in [1.807, 2.05) is 11.6 Å². The van der Waals surface area contributed by atoms with Crippen LogP contribution in [0.1, 0.15) is 36.3 Å². The Hall–Kier alpha value is -2.66. The fourth-order valence-corrected chi connectivity index (χ4v) is 5.93. The molecule has 1 saturated heterocycles. The third kappa shape index (κ3) is 4.88. The van der Waals surface area contributed by atoms with Crippen LogP contribution in [0.25, 0.3) is 11.4 Å². The van der Waals surface area contributed by atoms with Crippen molar-refractivity contribution >= 4 is 11.8 Å². The molecule has 1 aliphatic heterocycles. The third-order valence-electron chi connectivity index (χ3n) is 7.08. The number of aromatic nitrogens is 4. The second-order valence-electron chi connectivity index (χ2n) is 9.39. The first-order chi connectivity index (χ1) is 16.7. The summed E-state index contributed by atoms with van der Waals surface area (Å²) in [4.78, 5) is 16.3. The molecule has 2 atom stereocenters. The van der Waals surface area contributed by atoms with Crippen LogP contribution < -0.4 is 5.56 Å². The van der Waals surface area contributed by atoms with Crippen LogP contribution in [0.15, 0.2) is 46.5 Å². The Balaban J connectivity index is 1.11. The summed E-state index contributed by atoms with van der Waals surface area (Å²) in [5.74, 6) is 0.786. The van der Waals surface area contributed by atoms with Gasteiger partial charge in [-0.1, -0.05) is 17.8 Å². The van der Waals surface area contributed by atoms with Crippen molar-refractivity contribution in [3.05, 3.63) is 63.8 Å². The minimum atomic E-state index is -4.53. The number of H-pyrrole nitrogens is 1. The lowest BCUT2D eigenvalue weighted by atomic mass is 9.97. The summed E-state index contributed by atoms with van der Waals surface area (Å²) in [6, 6.07) is 6.10. The van der Waals surface area contributed by atoms with Crippen LogP contribution in [-0.4, -0.2) is 50.0 Å². The van der Waals surface area contributed by atoms with Crippen molar-refractivity contribution < 1.29 is 17.6 Å². The van der Waals surface area contributed by atoms with Gasteiger partial charge in [0.1, 0.15) is 5.82 Å². The molecule has 0 radical (unpaired) electrons. The van der Waals surface area contributed by atoms with Gasteiger partial charge in [-0.3, -0.25) is 4.79 Å². The summed E-state index contributed by atoms with van der Waals surface area (Å²) in [6.45, 7) is 2.68. The van der Waals surface area contributed by atoms with Gasteiger partial charge in [-0.05, 0) is 67.4 Å². The van der Waals surface area contributed by atoms with Crippen molar-refractivity contribution in [1.29, 1.82) is 0 Å². The number of nitrogens with zero attached hydrogens (tertiary/aromatic N) is 4. The van der Waals surface area contributed by atoms with Crippen LogP contribution in [0.5, 0.6) is 0 Å². The van der Waals surface area contributed by atoms with Gasteiger partial charge in [0.15, 0.2) is 11.0 Å². The summed E-state index contributed by atoms with van der Waals surface area (Å²) in [6.07, 6.45) is -0.201. The van der Waals surface area contributed by atoms with Gasteiger partial charge in [0.05, 0.1) is 5.56 Å². The quantitative estimate of drug-likeness (QED) is 0.286. The molecule has 35 heavy (non-hydrogen) atoms. The number of rotatable bonds is 7. The Morgan fingerprint density at radius 1 is 1.23 bits per heavy atom. The molecule has 2 aromatic heterocycles. The molecule has 186 valence electrons. The average Bonchev–Trinajstić information content (AvgIpc) is 3.14. The van der Waals surface area contributed by atoms with Gasteiger partial charge < -0.3 is 14.5 Å². The smallest absolute Gasteiger partial charge is 0.328 e. The minimum absolute atomic E-state index is 0.00542. The van der Waals surface area contributed by atoms with Crippen LogP contribution in [0.2, 0.25) is 0 Å². The number of thioether (sulfide) groups is 1. The van der Waals surface area contributed by atoms with Crippen molar-refractivity contribution in [2.24, 2.45) is 12.5 Å².